The van der Waals surface area contributed by atoms with Crippen LogP contribution in [0, 0.1) is 12.8 Å². The maximum atomic E-state index is 13.0. The van der Waals surface area contributed by atoms with Gasteiger partial charge in [-0.15, -0.1) is 0 Å². The zero-order valence-corrected chi connectivity index (χ0v) is 14.5. The highest BCUT2D eigenvalue weighted by molar-refractivity contribution is 6.32. The van der Waals surface area contributed by atoms with Crippen LogP contribution in [0.15, 0.2) is 18.2 Å². The fraction of sp³-hybridized carbons (Fsp3) is 0.529. The molecule has 1 aromatic carbocycles. The van der Waals surface area contributed by atoms with Gasteiger partial charge in [0.2, 0.25) is 5.91 Å². The van der Waals surface area contributed by atoms with Crippen molar-refractivity contribution in [3.8, 4) is 0 Å². The van der Waals surface area contributed by atoms with Gasteiger partial charge in [0.25, 0.3) is 5.91 Å². The third-order valence-corrected chi connectivity index (χ3v) is 5.48. The van der Waals surface area contributed by atoms with Crippen LogP contribution in [0.1, 0.15) is 24.8 Å². The standard InChI is InChI=1S/C17H18ClF3N2O2/c1-10-4-5-12(7-13(10)18)23-15(24)8-14(16(23)25)22-6-2-3-11(9-22)17(19,20)21/h4-5,7,11,14H,2-3,6,8-9H2,1H3/p+1/t11-,14-/m0/s1. The highest BCUT2D eigenvalue weighted by atomic mass is 35.5. The average molecular weight is 376 g/mol. The molecule has 2 amide bonds. The van der Waals surface area contributed by atoms with Crippen molar-refractivity contribution in [2.24, 2.45) is 5.92 Å². The SMILES string of the molecule is Cc1ccc(N2C(=O)C[C@H]([NH+]3CCC[C@H](C(F)(F)F)C3)C2=O)cc1Cl. The number of nitrogens with zero attached hydrogens (tertiary/aromatic N) is 1. The highest BCUT2D eigenvalue weighted by Crippen LogP contribution is 2.31. The third-order valence-electron chi connectivity index (χ3n) is 5.08. The predicted molar refractivity (Wildman–Crippen MR) is 86.6 cm³/mol. The van der Waals surface area contributed by atoms with Crippen LogP contribution in [0.2, 0.25) is 5.02 Å². The van der Waals surface area contributed by atoms with Crippen LogP contribution in [-0.2, 0) is 9.59 Å². The molecule has 3 atom stereocenters. The normalized spacial score (nSPS) is 27.9. The summed E-state index contributed by atoms with van der Waals surface area (Å²) in [7, 11) is 0. The summed E-state index contributed by atoms with van der Waals surface area (Å²) in [5.41, 5.74) is 1.19. The summed E-state index contributed by atoms with van der Waals surface area (Å²) in [6, 6.07) is 4.12. The molecule has 0 bridgehead atoms. The number of carbonyl (C=O) groups excluding carboxylic acids is 2. The van der Waals surface area contributed by atoms with E-state index in [9.17, 15) is 22.8 Å². The van der Waals surface area contributed by atoms with E-state index in [1.807, 2.05) is 0 Å². The van der Waals surface area contributed by atoms with E-state index in [0.29, 0.717) is 28.6 Å². The van der Waals surface area contributed by atoms with Crippen LogP contribution in [0.3, 0.4) is 0 Å². The number of quaternary nitrogens is 1. The Labute approximate surface area is 148 Å². The summed E-state index contributed by atoms with van der Waals surface area (Å²) in [6.07, 6.45) is -3.85. The van der Waals surface area contributed by atoms with Crippen molar-refractivity contribution >= 4 is 29.1 Å². The second-order valence-electron chi connectivity index (χ2n) is 6.75. The first-order chi connectivity index (χ1) is 11.7. The summed E-state index contributed by atoms with van der Waals surface area (Å²) < 4.78 is 39.0. The van der Waals surface area contributed by atoms with Crippen LogP contribution >= 0.6 is 11.6 Å². The van der Waals surface area contributed by atoms with Gasteiger partial charge < -0.3 is 4.90 Å². The molecule has 0 aliphatic carbocycles. The highest BCUT2D eigenvalue weighted by Gasteiger charge is 2.50. The van der Waals surface area contributed by atoms with Crippen LogP contribution < -0.4 is 9.80 Å². The zero-order chi connectivity index (χ0) is 18.4. The molecule has 0 saturated carbocycles. The maximum Gasteiger partial charge on any atom is 0.397 e. The second kappa shape index (κ2) is 6.61. The number of alkyl halides is 3. The largest absolute Gasteiger partial charge is 0.397 e. The monoisotopic (exact) mass is 375 g/mol. The van der Waals surface area contributed by atoms with Gasteiger partial charge in [-0.1, -0.05) is 17.7 Å². The van der Waals surface area contributed by atoms with Gasteiger partial charge in [0.15, 0.2) is 6.04 Å². The lowest BCUT2D eigenvalue weighted by molar-refractivity contribution is -0.924. The van der Waals surface area contributed by atoms with E-state index in [2.05, 4.69) is 0 Å². The molecule has 4 nitrogen and oxygen atoms in total. The number of piperidine rings is 1. The Morgan fingerprint density at radius 2 is 2.00 bits per heavy atom. The number of aryl methyl sites for hydroxylation is 1. The fourth-order valence-corrected chi connectivity index (χ4v) is 3.81. The van der Waals surface area contributed by atoms with Crippen LogP contribution in [0.5, 0.6) is 0 Å². The van der Waals surface area contributed by atoms with Crippen molar-refractivity contribution < 1.29 is 27.7 Å². The zero-order valence-electron chi connectivity index (χ0n) is 13.7. The van der Waals surface area contributed by atoms with Crippen molar-refractivity contribution in [2.45, 2.75) is 38.4 Å². The van der Waals surface area contributed by atoms with Gasteiger partial charge in [0, 0.05) is 5.02 Å². The van der Waals surface area contributed by atoms with Gasteiger partial charge in [-0.25, -0.2) is 4.90 Å². The topological polar surface area (TPSA) is 41.8 Å². The molecule has 0 aromatic heterocycles. The van der Waals surface area contributed by atoms with E-state index in [-0.39, 0.29) is 19.4 Å². The lowest BCUT2D eigenvalue weighted by Gasteiger charge is -2.33. The van der Waals surface area contributed by atoms with Gasteiger partial charge >= 0.3 is 6.18 Å². The first-order valence-corrected chi connectivity index (χ1v) is 8.60. The van der Waals surface area contributed by atoms with Crippen molar-refractivity contribution in [3.63, 3.8) is 0 Å². The number of amides is 2. The smallest absolute Gasteiger partial charge is 0.324 e. The minimum absolute atomic E-state index is 0.0652. The molecule has 136 valence electrons. The molecule has 2 heterocycles. The Hall–Kier alpha value is -1.60. The minimum atomic E-state index is -4.26. The van der Waals surface area contributed by atoms with Gasteiger partial charge in [-0.3, -0.25) is 9.59 Å². The van der Waals surface area contributed by atoms with Crippen LogP contribution in [-0.4, -0.2) is 37.1 Å². The average Bonchev–Trinajstić information content (AvgIpc) is 2.84. The lowest BCUT2D eigenvalue weighted by Crippen LogP contribution is -3.18. The van der Waals surface area contributed by atoms with E-state index in [1.165, 1.54) is 0 Å². The van der Waals surface area contributed by atoms with Crippen molar-refractivity contribution in [3.05, 3.63) is 28.8 Å². The predicted octanol–water partition coefficient (Wildman–Crippen LogP) is 2.14. The minimum Gasteiger partial charge on any atom is -0.324 e. The lowest BCUT2D eigenvalue weighted by atomic mass is 9.96. The summed E-state index contributed by atoms with van der Waals surface area (Å²) in [5, 5.41) is 0.434. The first-order valence-electron chi connectivity index (χ1n) is 8.22. The van der Waals surface area contributed by atoms with Crippen molar-refractivity contribution in [1.82, 2.24) is 0 Å². The van der Waals surface area contributed by atoms with Crippen LogP contribution in [0.25, 0.3) is 0 Å². The van der Waals surface area contributed by atoms with Gasteiger partial charge in [-0.2, -0.15) is 13.2 Å². The second-order valence-corrected chi connectivity index (χ2v) is 7.16. The molecule has 1 N–H and O–H groups in total. The number of nitrogens with one attached hydrogen (secondary N) is 1. The number of hydrogen-bond donors (Lipinski definition) is 1. The van der Waals surface area contributed by atoms with Gasteiger partial charge in [-0.05, 0) is 37.5 Å². The maximum absolute atomic E-state index is 13.0. The Morgan fingerprint density at radius 1 is 1.28 bits per heavy atom. The molecule has 25 heavy (non-hydrogen) atoms. The molecule has 0 spiro atoms. The number of carbonyl (C=O) groups is 2. The number of imide groups is 1. The van der Waals surface area contributed by atoms with E-state index in [4.69, 9.17) is 11.6 Å². The van der Waals surface area contributed by atoms with E-state index in [0.717, 1.165) is 10.5 Å². The summed E-state index contributed by atoms with van der Waals surface area (Å²) in [6.45, 7) is 2.12. The molecular formula is C17H19ClF3N2O2+. The number of rotatable bonds is 2. The molecule has 3 rings (SSSR count). The summed E-state index contributed by atoms with van der Waals surface area (Å²) in [4.78, 5) is 26.7. The number of benzene rings is 1. The Kier molecular flexibility index (Phi) is 4.81. The molecule has 2 aliphatic rings. The molecule has 1 unspecified atom stereocenters. The van der Waals surface area contributed by atoms with Gasteiger partial charge in [0.05, 0.1) is 25.2 Å². The quantitative estimate of drug-likeness (QED) is 0.805. The summed E-state index contributed by atoms with van der Waals surface area (Å²) >= 11 is 6.06. The number of hydrogen-bond acceptors (Lipinski definition) is 2. The molecule has 8 heteroatoms. The molecule has 1 aromatic rings. The molecule has 2 saturated heterocycles. The number of halogens is 4. The Balaban J connectivity index is 1.80. The fourth-order valence-electron chi connectivity index (χ4n) is 3.64. The first kappa shape index (κ1) is 18.2. The number of likely N-dealkylation sites (tertiary alicyclic amines) is 1. The molecular weight excluding hydrogens is 357 g/mol. The third kappa shape index (κ3) is 3.53. The molecule has 2 aliphatic heterocycles. The van der Waals surface area contributed by atoms with E-state index in [1.54, 1.807) is 25.1 Å². The molecule has 0 radical (unpaired) electrons. The summed E-state index contributed by atoms with van der Waals surface area (Å²) in [5.74, 6) is -2.25. The van der Waals surface area contributed by atoms with Crippen LogP contribution in [0.4, 0.5) is 18.9 Å². The van der Waals surface area contributed by atoms with Crippen molar-refractivity contribution in [1.29, 1.82) is 0 Å². The van der Waals surface area contributed by atoms with Gasteiger partial charge in [0.1, 0.15) is 5.92 Å². The van der Waals surface area contributed by atoms with Crippen molar-refractivity contribution in [2.75, 3.05) is 18.0 Å². The Bertz CT molecular complexity index is 708. The van der Waals surface area contributed by atoms with E-state index >= 15 is 0 Å². The number of anilines is 1. The molecule has 2 fully saturated rings. The Morgan fingerprint density at radius 3 is 2.64 bits per heavy atom. The van der Waals surface area contributed by atoms with E-state index < -0.39 is 30.0 Å².